The van der Waals surface area contributed by atoms with Crippen LogP contribution >= 0.6 is 0 Å². The van der Waals surface area contributed by atoms with Crippen LogP contribution in [-0.4, -0.2) is 81.3 Å². The van der Waals surface area contributed by atoms with Crippen molar-refractivity contribution < 1.29 is 5.11 Å². The van der Waals surface area contributed by atoms with Crippen LogP contribution in [0.1, 0.15) is 57.4 Å². The predicted molar refractivity (Wildman–Crippen MR) is 140 cm³/mol. The molecule has 2 aromatic heterocycles. The molecule has 0 radical (unpaired) electrons. The third kappa shape index (κ3) is 6.90. The van der Waals surface area contributed by atoms with Gasteiger partial charge in [-0.1, -0.05) is 18.9 Å². The first kappa shape index (κ1) is 24.4. The molecule has 0 aromatic carbocycles. The molecule has 2 aliphatic carbocycles. The molecule has 0 bridgehead atoms. The lowest BCUT2D eigenvalue weighted by Gasteiger charge is -2.32. The summed E-state index contributed by atoms with van der Waals surface area (Å²) in [5, 5.41) is 17.1. The second-order valence-electron chi connectivity index (χ2n) is 11.0. The predicted octanol–water partition coefficient (Wildman–Crippen LogP) is 3.60. The van der Waals surface area contributed by atoms with E-state index in [2.05, 4.69) is 51.5 Å². The number of aliphatic hydroxyl groups is 1. The van der Waals surface area contributed by atoms with Crippen molar-refractivity contribution in [3.63, 3.8) is 0 Å². The average Bonchev–Trinajstić information content (AvgIpc) is 3.67. The smallest absolute Gasteiger partial charge is 0.224 e. The zero-order chi connectivity index (χ0) is 24.2. The van der Waals surface area contributed by atoms with Crippen molar-refractivity contribution in [2.45, 2.75) is 76.6 Å². The highest BCUT2D eigenvalue weighted by atomic mass is 16.3. The maximum absolute atomic E-state index is 9.92. The fraction of sp³-hybridized carbons (Fsp3) is 0.667. The van der Waals surface area contributed by atoms with E-state index in [0.717, 1.165) is 81.4 Å². The molecule has 1 atom stereocenters. The van der Waals surface area contributed by atoms with Crippen LogP contribution in [0.5, 0.6) is 0 Å². The van der Waals surface area contributed by atoms with E-state index in [1.54, 1.807) is 0 Å². The number of aromatic nitrogens is 3. The van der Waals surface area contributed by atoms with Gasteiger partial charge in [0.15, 0.2) is 0 Å². The molecule has 35 heavy (non-hydrogen) atoms. The first-order chi connectivity index (χ1) is 17.0. The number of nitrogens with zero attached hydrogens (tertiary/aromatic N) is 5. The summed E-state index contributed by atoms with van der Waals surface area (Å²) in [6, 6.07) is 4.95. The van der Waals surface area contributed by atoms with Gasteiger partial charge in [-0.25, -0.2) is 4.98 Å². The Morgan fingerprint density at radius 1 is 1.00 bits per heavy atom. The Morgan fingerprint density at radius 3 is 2.46 bits per heavy atom. The molecule has 3 aliphatic rings. The van der Waals surface area contributed by atoms with Crippen molar-refractivity contribution in [1.82, 2.24) is 24.8 Å². The quantitative estimate of drug-likeness (QED) is 0.503. The van der Waals surface area contributed by atoms with Crippen LogP contribution in [0.15, 0.2) is 24.5 Å². The van der Waals surface area contributed by atoms with Gasteiger partial charge in [0.1, 0.15) is 5.82 Å². The molecule has 0 spiro atoms. The lowest BCUT2D eigenvalue weighted by Crippen LogP contribution is -2.43. The minimum atomic E-state index is -0.173. The third-order valence-corrected chi connectivity index (χ3v) is 7.69. The Kier molecular flexibility index (Phi) is 7.80. The molecule has 3 heterocycles. The number of hydrogen-bond donors (Lipinski definition) is 3. The van der Waals surface area contributed by atoms with Gasteiger partial charge in [-0.15, -0.1) is 0 Å². The van der Waals surface area contributed by atoms with Gasteiger partial charge in [0.25, 0.3) is 0 Å². The van der Waals surface area contributed by atoms with E-state index < -0.39 is 0 Å². The second-order valence-corrected chi connectivity index (χ2v) is 11.0. The first-order valence-corrected chi connectivity index (χ1v) is 13.5. The van der Waals surface area contributed by atoms with E-state index in [9.17, 15) is 5.11 Å². The monoisotopic (exact) mass is 479 g/mol. The number of anilines is 2. The van der Waals surface area contributed by atoms with E-state index in [0.29, 0.717) is 18.0 Å². The van der Waals surface area contributed by atoms with E-state index in [4.69, 9.17) is 9.97 Å². The minimum absolute atomic E-state index is 0.173. The van der Waals surface area contributed by atoms with E-state index in [1.165, 1.54) is 24.8 Å². The van der Waals surface area contributed by atoms with Crippen LogP contribution in [0.4, 0.5) is 11.8 Å². The van der Waals surface area contributed by atoms with Crippen molar-refractivity contribution in [3.05, 3.63) is 30.1 Å². The molecule has 5 rings (SSSR count). The van der Waals surface area contributed by atoms with Crippen LogP contribution in [-0.2, 0) is 6.54 Å². The standard InChI is InChI=1S/C27H41N7O/c1-19(15-20-3-4-20)30-27-29-17-24(26(32-27)31-22-6-8-23(35)9-7-22)25-10-5-21(16-28-25)18-34-13-11-33(2)12-14-34/h5,10,16-17,19-20,22-23,35H,3-4,6-9,11-15,18H2,1-2H3,(H2,29,30,31,32)/t19-,22?,23?/m0/s1. The van der Waals surface area contributed by atoms with E-state index >= 15 is 0 Å². The normalized spacial score (nSPS) is 24.8. The Bertz CT molecular complexity index is 949. The summed E-state index contributed by atoms with van der Waals surface area (Å²) < 4.78 is 0. The lowest BCUT2D eigenvalue weighted by atomic mass is 9.93. The maximum atomic E-state index is 9.92. The number of pyridine rings is 1. The van der Waals surface area contributed by atoms with E-state index in [1.807, 2.05) is 12.4 Å². The number of nitrogens with one attached hydrogen (secondary N) is 2. The molecule has 0 unspecified atom stereocenters. The van der Waals surface area contributed by atoms with Gasteiger partial charge in [-0.2, -0.15) is 4.98 Å². The van der Waals surface area contributed by atoms with Gasteiger partial charge >= 0.3 is 0 Å². The molecule has 190 valence electrons. The molecule has 2 aromatic rings. The fourth-order valence-electron chi connectivity index (χ4n) is 5.24. The van der Waals surface area contributed by atoms with Crippen molar-refractivity contribution in [2.75, 3.05) is 43.9 Å². The number of likely N-dealkylation sites (N-methyl/N-ethyl adjacent to an activating group) is 1. The molecule has 2 saturated carbocycles. The summed E-state index contributed by atoms with van der Waals surface area (Å²) in [7, 11) is 2.19. The first-order valence-electron chi connectivity index (χ1n) is 13.5. The summed E-state index contributed by atoms with van der Waals surface area (Å²) in [6.45, 7) is 7.60. The van der Waals surface area contributed by atoms with Crippen LogP contribution in [0.2, 0.25) is 0 Å². The van der Waals surface area contributed by atoms with Crippen LogP contribution in [0.3, 0.4) is 0 Å². The zero-order valence-electron chi connectivity index (χ0n) is 21.3. The third-order valence-electron chi connectivity index (χ3n) is 7.69. The highest BCUT2D eigenvalue weighted by Gasteiger charge is 2.25. The van der Waals surface area contributed by atoms with E-state index in [-0.39, 0.29) is 6.10 Å². The molecule has 8 heteroatoms. The topological polar surface area (TPSA) is 89.4 Å². The number of piperazine rings is 1. The van der Waals surface area contributed by atoms with Crippen molar-refractivity contribution in [1.29, 1.82) is 0 Å². The highest BCUT2D eigenvalue weighted by Crippen LogP contribution is 2.34. The molecular formula is C27H41N7O. The highest BCUT2D eigenvalue weighted by molar-refractivity contribution is 5.73. The average molecular weight is 480 g/mol. The van der Waals surface area contributed by atoms with Gasteiger partial charge in [0, 0.05) is 57.2 Å². The number of aliphatic hydroxyl groups excluding tert-OH is 1. The molecular weight excluding hydrogens is 438 g/mol. The minimum Gasteiger partial charge on any atom is -0.393 e. The van der Waals surface area contributed by atoms with Gasteiger partial charge in [0.05, 0.1) is 17.4 Å². The summed E-state index contributed by atoms with van der Waals surface area (Å²) in [5.74, 6) is 2.37. The maximum Gasteiger partial charge on any atom is 0.224 e. The van der Waals surface area contributed by atoms with Crippen molar-refractivity contribution in [2.24, 2.45) is 5.92 Å². The second kappa shape index (κ2) is 11.2. The zero-order valence-corrected chi connectivity index (χ0v) is 21.3. The van der Waals surface area contributed by atoms with Gasteiger partial charge in [0.2, 0.25) is 5.95 Å². The van der Waals surface area contributed by atoms with Crippen LogP contribution < -0.4 is 10.6 Å². The number of rotatable bonds is 9. The Hall–Kier alpha value is -2.29. The fourth-order valence-corrected chi connectivity index (χ4v) is 5.24. The van der Waals surface area contributed by atoms with Crippen LogP contribution in [0, 0.1) is 5.92 Å². The summed E-state index contributed by atoms with van der Waals surface area (Å²) in [6.07, 6.45) is 11.2. The van der Waals surface area contributed by atoms with Crippen LogP contribution in [0.25, 0.3) is 11.3 Å². The van der Waals surface area contributed by atoms with Gasteiger partial charge in [-0.3, -0.25) is 9.88 Å². The molecule has 8 nitrogen and oxygen atoms in total. The summed E-state index contributed by atoms with van der Waals surface area (Å²) >= 11 is 0. The SMILES string of the molecule is C[C@@H](CC1CC1)Nc1ncc(-c2ccc(CN3CCN(C)CC3)cn2)c(NC2CCC(O)CC2)n1. The lowest BCUT2D eigenvalue weighted by molar-refractivity contribution is 0.126. The molecule has 1 aliphatic heterocycles. The molecule has 1 saturated heterocycles. The Labute approximate surface area is 209 Å². The number of hydrogen-bond acceptors (Lipinski definition) is 8. The summed E-state index contributed by atoms with van der Waals surface area (Å²) in [5.41, 5.74) is 3.06. The van der Waals surface area contributed by atoms with Crippen molar-refractivity contribution >= 4 is 11.8 Å². The van der Waals surface area contributed by atoms with Crippen molar-refractivity contribution in [3.8, 4) is 11.3 Å². The largest absolute Gasteiger partial charge is 0.393 e. The molecule has 3 N–H and O–H groups in total. The summed E-state index contributed by atoms with van der Waals surface area (Å²) in [4.78, 5) is 19.2. The van der Waals surface area contributed by atoms with Gasteiger partial charge < -0.3 is 20.6 Å². The molecule has 0 amide bonds. The van der Waals surface area contributed by atoms with Gasteiger partial charge in [-0.05, 0) is 63.6 Å². The Balaban J connectivity index is 1.31. The Morgan fingerprint density at radius 2 is 1.77 bits per heavy atom. The molecule has 3 fully saturated rings.